The zero-order valence-electron chi connectivity index (χ0n) is 18.3. The average molecular weight is 476 g/mol. The van der Waals surface area contributed by atoms with Gasteiger partial charge in [-0.1, -0.05) is 5.16 Å². The Bertz CT molecular complexity index is 1190. The molecule has 0 saturated carbocycles. The number of imidazole rings is 1. The Morgan fingerprint density at radius 3 is 2.73 bits per heavy atom. The van der Waals surface area contributed by atoms with E-state index < -0.39 is 32.0 Å². The average Bonchev–Trinajstić information content (AvgIpc) is 3.21. The van der Waals surface area contributed by atoms with Crippen LogP contribution in [0.15, 0.2) is 42.3 Å². The van der Waals surface area contributed by atoms with E-state index in [1.54, 1.807) is 49.3 Å². The van der Waals surface area contributed by atoms with Crippen LogP contribution in [0.1, 0.15) is 26.3 Å². The molecule has 0 aromatic carbocycles. The molecule has 0 amide bonds. The van der Waals surface area contributed by atoms with Gasteiger partial charge >= 0.3 is 13.5 Å². The predicted octanol–water partition coefficient (Wildman–Crippen LogP) is 1.86. The van der Waals surface area contributed by atoms with E-state index >= 15 is 0 Å². The number of hydrogen-bond donors (Lipinski definition) is 3. The summed E-state index contributed by atoms with van der Waals surface area (Å²) in [6.07, 6.45) is 5.19. The third kappa shape index (κ3) is 6.31. The van der Waals surface area contributed by atoms with Gasteiger partial charge in [0.2, 0.25) is 0 Å². The van der Waals surface area contributed by atoms with Crippen LogP contribution in [0.25, 0.3) is 11.2 Å². The fourth-order valence-corrected chi connectivity index (χ4v) is 4.37. The highest BCUT2D eigenvalue weighted by atomic mass is 31.2. The molecule has 0 spiro atoms. The molecule has 0 fully saturated rings. The molecule has 0 aliphatic carbocycles. The van der Waals surface area contributed by atoms with Crippen molar-refractivity contribution in [1.29, 1.82) is 0 Å². The number of anilines is 1. The number of hydrogen-bond acceptors (Lipinski definition) is 10. The van der Waals surface area contributed by atoms with Gasteiger partial charge in [0, 0.05) is 18.0 Å². The lowest BCUT2D eigenvalue weighted by molar-refractivity contribution is -0.138. The van der Waals surface area contributed by atoms with Gasteiger partial charge in [-0.25, -0.2) is 20.0 Å². The number of oxime groups is 1. The first-order valence-corrected chi connectivity index (χ1v) is 11.8. The zero-order chi connectivity index (χ0) is 24.0. The molecule has 176 valence electrons. The largest absolute Gasteiger partial charge is 0.480 e. The van der Waals surface area contributed by atoms with E-state index in [9.17, 15) is 14.5 Å². The summed E-state index contributed by atoms with van der Waals surface area (Å²) >= 11 is 0. The normalized spacial score (nSPS) is 15.7. The second-order valence-electron chi connectivity index (χ2n) is 7.29. The van der Waals surface area contributed by atoms with Crippen molar-refractivity contribution < 1.29 is 23.8 Å². The summed E-state index contributed by atoms with van der Waals surface area (Å²) in [6.45, 7) is 5.10. The summed E-state index contributed by atoms with van der Waals surface area (Å²) < 4.78 is 26.1. The lowest BCUT2D eigenvalue weighted by atomic mass is 10.2. The van der Waals surface area contributed by atoms with Gasteiger partial charge in [-0.2, -0.15) is 0 Å². The minimum Gasteiger partial charge on any atom is -0.480 e. The number of pyridine rings is 1. The smallest absolute Gasteiger partial charge is 0.364 e. The number of carboxylic acid groups (broad SMARTS) is 1. The Labute approximate surface area is 189 Å². The number of nitrogen functional groups attached to an aromatic ring is 1. The van der Waals surface area contributed by atoms with Gasteiger partial charge in [-0.3, -0.25) is 14.3 Å². The van der Waals surface area contributed by atoms with Crippen molar-refractivity contribution in [3.05, 3.63) is 42.7 Å². The van der Waals surface area contributed by atoms with Crippen LogP contribution in [0, 0.1) is 0 Å². The second-order valence-corrected chi connectivity index (χ2v) is 9.32. The molecule has 3 aromatic rings. The van der Waals surface area contributed by atoms with Crippen LogP contribution in [0.2, 0.25) is 0 Å². The number of rotatable bonds is 11. The van der Waals surface area contributed by atoms with Gasteiger partial charge in [0.1, 0.15) is 24.2 Å². The number of ether oxygens (including phenoxy) is 1. The van der Waals surface area contributed by atoms with Crippen LogP contribution in [0.3, 0.4) is 0 Å². The van der Waals surface area contributed by atoms with Gasteiger partial charge in [-0.05, 0) is 32.9 Å². The standard InChI is InChI=1S/C19H25N8O5P/c1-12(8-27-10-24-16-17(20)22-9-23-18(16)27)31-11-33(30,26-14(3)19(28)29)32-25-13(2)15-4-6-21-7-5-15/h4-7,9-10,12,14H,8,11H2,1-3H3,(H,26,30)(H,28,29)(H2,20,22,23)/b25-13+/t12-,14+,33?/m1/s1. The highest BCUT2D eigenvalue weighted by Gasteiger charge is 2.31. The number of aromatic nitrogens is 5. The molecule has 0 aliphatic heterocycles. The fourth-order valence-electron chi connectivity index (χ4n) is 2.80. The third-order valence-electron chi connectivity index (χ3n) is 4.58. The molecular weight excluding hydrogens is 451 g/mol. The van der Waals surface area contributed by atoms with Gasteiger partial charge in [0.25, 0.3) is 0 Å². The van der Waals surface area contributed by atoms with Gasteiger partial charge in [0.15, 0.2) is 11.5 Å². The van der Waals surface area contributed by atoms with E-state index in [1.807, 2.05) is 0 Å². The zero-order valence-corrected chi connectivity index (χ0v) is 19.2. The summed E-state index contributed by atoms with van der Waals surface area (Å²) in [5, 5.41) is 15.6. The third-order valence-corrected chi connectivity index (χ3v) is 6.20. The number of carboxylic acids is 1. The van der Waals surface area contributed by atoms with E-state index in [4.69, 9.17) is 15.1 Å². The molecule has 33 heavy (non-hydrogen) atoms. The van der Waals surface area contributed by atoms with Crippen LogP contribution in [0.4, 0.5) is 5.82 Å². The van der Waals surface area contributed by atoms with E-state index in [-0.39, 0.29) is 5.82 Å². The van der Waals surface area contributed by atoms with Crippen molar-refractivity contribution >= 4 is 36.2 Å². The number of fused-ring (bicyclic) bond motifs is 1. The Kier molecular flexibility index (Phi) is 7.69. The second kappa shape index (κ2) is 10.5. The Balaban J connectivity index is 1.70. The summed E-state index contributed by atoms with van der Waals surface area (Å²) in [5.41, 5.74) is 7.96. The van der Waals surface area contributed by atoms with Crippen LogP contribution >= 0.6 is 7.52 Å². The van der Waals surface area contributed by atoms with Crippen LogP contribution < -0.4 is 10.8 Å². The molecule has 0 radical (unpaired) electrons. The quantitative estimate of drug-likeness (QED) is 0.209. The SMILES string of the molecule is C/C(=N\OP(=O)(CO[C@H](C)Cn1cnc2c(N)ncnc21)N[C@@H](C)C(=O)O)c1ccncc1. The Hall–Kier alpha value is -3.41. The Morgan fingerprint density at radius 2 is 2.03 bits per heavy atom. The van der Waals surface area contributed by atoms with Gasteiger partial charge in [0.05, 0.1) is 24.7 Å². The minimum absolute atomic E-state index is 0.263. The molecule has 1 unspecified atom stereocenters. The van der Waals surface area contributed by atoms with Crippen LogP contribution in [-0.4, -0.2) is 59.8 Å². The summed E-state index contributed by atoms with van der Waals surface area (Å²) in [7, 11) is -3.83. The molecule has 3 heterocycles. The highest BCUT2D eigenvalue weighted by Crippen LogP contribution is 2.44. The molecule has 0 aliphatic rings. The molecule has 4 N–H and O–H groups in total. The fraction of sp³-hybridized carbons (Fsp3) is 0.368. The molecule has 3 aromatic heterocycles. The maximum Gasteiger partial charge on any atom is 0.364 e. The maximum atomic E-state index is 13.3. The topological polar surface area (TPSA) is 180 Å². The van der Waals surface area contributed by atoms with E-state index in [2.05, 4.69) is 30.2 Å². The molecule has 0 saturated heterocycles. The number of nitrogens with zero attached hydrogens (tertiary/aromatic N) is 6. The molecule has 3 atom stereocenters. The van der Waals surface area contributed by atoms with Crippen molar-refractivity contribution in [2.75, 3.05) is 12.1 Å². The van der Waals surface area contributed by atoms with Crippen LogP contribution in [-0.2, 0) is 25.3 Å². The van der Waals surface area contributed by atoms with Crippen molar-refractivity contribution in [2.24, 2.45) is 5.16 Å². The van der Waals surface area contributed by atoms with Gasteiger partial charge < -0.3 is 24.8 Å². The summed E-state index contributed by atoms with van der Waals surface area (Å²) in [5.74, 6) is -0.927. The van der Waals surface area contributed by atoms with Crippen LogP contribution in [0.5, 0.6) is 0 Å². The molecular formula is C19H25N8O5P. The number of aliphatic carboxylic acids is 1. The molecule has 13 nitrogen and oxygen atoms in total. The lowest BCUT2D eigenvalue weighted by Crippen LogP contribution is -2.33. The summed E-state index contributed by atoms with van der Waals surface area (Å²) in [6, 6.07) is 2.28. The van der Waals surface area contributed by atoms with E-state index in [1.165, 1.54) is 13.3 Å². The lowest BCUT2D eigenvalue weighted by Gasteiger charge is -2.22. The van der Waals surface area contributed by atoms with E-state index in [0.29, 0.717) is 29.0 Å². The molecule has 0 bridgehead atoms. The first-order chi connectivity index (χ1) is 15.7. The monoisotopic (exact) mass is 476 g/mol. The Morgan fingerprint density at radius 1 is 1.30 bits per heavy atom. The van der Waals surface area contributed by atoms with Gasteiger partial charge in [-0.15, -0.1) is 0 Å². The molecule has 3 rings (SSSR count). The first-order valence-electron chi connectivity index (χ1n) is 9.95. The van der Waals surface area contributed by atoms with Crippen molar-refractivity contribution in [3.8, 4) is 0 Å². The summed E-state index contributed by atoms with van der Waals surface area (Å²) in [4.78, 5) is 27.5. The predicted molar refractivity (Wildman–Crippen MR) is 121 cm³/mol. The number of nitrogens with two attached hydrogens (primary N) is 1. The van der Waals surface area contributed by atoms with Crippen molar-refractivity contribution in [3.63, 3.8) is 0 Å². The van der Waals surface area contributed by atoms with Crippen molar-refractivity contribution in [1.82, 2.24) is 29.6 Å². The molecule has 14 heteroatoms. The first kappa shape index (κ1) is 24.2. The number of nitrogens with one attached hydrogen (secondary N) is 1. The van der Waals surface area contributed by atoms with Crippen molar-refractivity contribution in [2.45, 2.75) is 39.5 Å². The maximum absolute atomic E-state index is 13.3. The highest BCUT2D eigenvalue weighted by molar-refractivity contribution is 7.56. The van der Waals surface area contributed by atoms with E-state index in [0.717, 1.165) is 0 Å². The number of carbonyl (C=O) groups is 1. The minimum atomic E-state index is -3.83.